The van der Waals surface area contributed by atoms with Crippen LogP contribution >= 0.6 is 0 Å². The monoisotopic (exact) mass is 199 g/mol. The molecule has 1 aliphatic rings. The minimum atomic E-state index is -0.329. The maximum atomic E-state index is 11.9. The van der Waals surface area contributed by atoms with E-state index >= 15 is 0 Å². The number of ketones is 2. The van der Waals surface area contributed by atoms with Gasteiger partial charge in [-0.3, -0.25) is 14.6 Å². The molecule has 1 aliphatic carbocycles. The van der Waals surface area contributed by atoms with Gasteiger partial charge in [-0.05, 0) is 18.2 Å². The standard InChI is InChI=1S/C11H5NO3/c13-9-6-2-1-4-12-8(6)10(14)11-7(9)3-5-15-11/h1-5H. The summed E-state index contributed by atoms with van der Waals surface area (Å²) in [5.41, 5.74) is 0.835. The highest BCUT2D eigenvalue weighted by Gasteiger charge is 2.32. The van der Waals surface area contributed by atoms with Crippen molar-refractivity contribution in [1.82, 2.24) is 4.98 Å². The molecule has 0 fully saturated rings. The van der Waals surface area contributed by atoms with Crippen LogP contribution < -0.4 is 0 Å². The van der Waals surface area contributed by atoms with Gasteiger partial charge in [0.2, 0.25) is 5.78 Å². The molecule has 0 unspecified atom stereocenters. The molecule has 2 heterocycles. The highest BCUT2D eigenvalue weighted by molar-refractivity contribution is 6.26. The molecule has 3 rings (SSSR count). The molecule has 15 heavy (non-hydrogen) atoms. The number of pyridine rings is 1. The molecular formula is C11H5NO3. The van der Waals surface area contributed by atoms with Crippen LogP contribution in [0.2, 0.25) is 0 Å². The van der Waals surface area contributed by atoms with Crippen LogP contribution in [0, 0.1) is 0 Å². The van der Waals surface area contributed by atoms with E-state index < -0.39 is 0 Å². The maximum absolute atomic E-state index is 11.9. The van der Waals surface area contributed by atoms with Crippen LogP contribution in [-0.4, -0.2) is 16.6 Å². The van der Waals surface area contributed by atoms with Crippen LogP contribution in [0.5, 0.6) is 0 Å². The van der Waals surface area contributed by atoms with Gasteiger partial charge in [0.15, 0.2) is 11.5 Å². The van der Waals surface area contributed by atoms with Gasteiger partial charge in [-0.1, -0.05) is 0 Å². The second kappa shape index (κ2) is 2.63. The average molecular weight is 199 g/mol. The maximum Gasteiger partial charge on any atom is 0.247 e. The summed E-state index contributed by atoms with van der Waals surface area (Å²) in [6.07, 6.45) is 2.82. The van der Waals surface area contributed by atoms with Gasteiger partial charge >= 0.3 is 0 Å². The molecule has 0 aliphatic heterocycles. The summed E-state index contributed by atoms with van der Waals surface area (Å²) in [5.74, 6) is -0.446. The lowest BCUT2D eigenvalue weighted by molar-refractivity contribution is 0.0956. The summed E-state index contributed by atoms with van der Waals surface area (Å²) in [6.45, 7) is 0. The van der Waals surface area contributed by atoms with Gasteiger partial charge in [-0.15, -0.1) is 0 Å². The number of hydrogen-bond donors (Lipinski definition) is 0. The second-order valence-corrected chi connectivity index (χ2v) is 3.22. The van der Waals surface area contributed by atoms with Crippen molar-refractivity contribution < 1.29 is 14.0 Å². The smallest absolute Gasteiger partial charge is 0.247 e. The molecule has 0 saturated carbocycles. The topological polar surface area (TPSA) is 60.2 Å². The van der Waals surface area contributed by atoms with Crippen molar-refractivity contribution in [2.45, 2.75) is 0 Å². The fraction of sp³-hybridized carbons (Fsp3) is 0. The molecule has 0 amide bonds. The van der Waals surface area contributed by atoms with E-state index in [9.17, 15) is 9.59 Å². The molecule has 0 saturated heterocycles. The number of nitrogens with zero attached hydrogens (tertiary/aromatic N) is 1. The fourth-order valence-electron chi connectivity index (χ4n) is 1.69. The van der Waals surface area contributed by atoms with Gasteiger partial charge in [0.05, 0.1) is 17.4 Å². The molecule has 0 atom stereocenters. The first-order valence-electron chi connectivity index (χ1n) is 4.41. The predicted octanol–water partition coefficient (Wildman–Crippen LogP) is 1.45. The van der Waals surface area contributed by atoms with Crippen LogP contribution in [0.4, 0.5) is 0 Å². The molecule has 0 bridgehead atoms. The van der Waals surface area contributed by atoms with Crippen molar-refractivity contribution in [3.05, 3.63) is 53.2 Å². The highest BCUT2D eigenvalue weighted by atomic mass is 16.3. The van der Waals surface area contributed by atoms with Crippen molar-refractivity contribution in [3.63, 3.8) is 0 Å². The Morgan fingerprint density at radius 3 is 2.80 bits per heavy atom. The van der Waals surface area contributed by atoms with Crippen molar-refractivity contribution in [2.24, 2.45) is 0 Å². The Kier molecular flexibility index (Phi) is 1.42. The molecule has 2 aromatic heterocycles. The van der Waals surface area contributed by atoms with E-state index in [1.807, 2.05) is 0 Å². The minimum absolute atomic E-state index is 0.0891. The van der Waals surface area contributed by atoms with Crippen molar-refractivity contribution >= 4 is 11.6 Å². The molecule has 72 valence electrons. The molecular weight excluding hydrogens is 194 g/mol. The van der Waals surface area contributed by atoms with E-state index in [0.29, 0.717) is 11.1 Å². The van der Waals surface area contributed by atoms with Gasteiger partial charge in [0.25, 0.3) is 0 Å². The van der Waals surface area contributed by atoms with Crippen LogP contribution in [-0.2, 0) is 0 Å². The van der Waals surface area contributed by atoms with Gasteiger partial charge < -0.3 is 4.42 Å². The molecule has 0 radical (unpaired) electrons. The fourth-order valence-corrected chi connectivity index (χ4v) is 1.69. The van der Waals surface area contributed by atoms with Crippen molar-refractivity contribution in [1.29, 1.82) is 0 Å². The van der Waals surface area contributed by atoms with E-state index in [4.69, 9.17) is 4.42 Å². The van der Waals surface area contributed by atoms with Crippen LogP contribution in [0.3, 0.4) is 0 Å². The lowest BCUT2D eigenvalue weighted by atomic mass is 9.92. The Bertz CT molecular complexity index is 534. The molecule has 2 aromatic rings. The minimum Gasteiger partial charge on any atom is -0.460 e. The summed E-state index contributed by atoms with van der Waals surface area (Å²) >= 11 is 0. The Morgan fingerprint density at radius 2 is 1.93 bits per heavy atom. The molecule has 0 spiro atoms. The third kappa shape index (κ3) is 0.929. The lowest BCUT2D eigenvalue weighted by Crippen LogP contribution is -2.20. The summed E-state index contributed by atoms with van der Waals surface area (Å²) < 4.78 is 4.99. The normalized spacial score (nSPS) is 13.6. The zero-order valence-electron chi connectivity index (χ0n) is 7.56. The van der Waals surface area contributed by atoms with Gasteiger partial charge in [0, 0.05) is 6.20 Å². The highest BCUT2D eigenvalue weighted by Crippen LogP contribution is 2.25. The number of aromatic nitrogens is 1. The third-order valence-electron chi connectivity index (χ3n) is 2.38. The van der Waals surface area contributed by atoms with Gasteiger partial charge in [0.1, 0.15) is 5.69 Å². The van der Waals surface area contributed by atoms with Crippen LogP contribution in [0.15, 0.2) is 35.1 Å². The number of hydrogen-bond acceptors (Lipinski definition) is 4. The Hall–Kier alpha value is -2.23. The van der Waals surface area contributed by atoms with Gasteiger partial charge in [-0.25, -0.2) is 0 Å². The number of furan rings is 1. The second-order valence-electron chi connectivity index (χ2n) is 3.22. The van der Waals surface area contributed by atoms with E-state index in [-0.39, 0.29) is 23.0 Å². The van der Waals surface area contributed by atoms with Gasteiger partial charge in [-0.2, -0.15) is 0 Å². The number of rotatable bonds is 0. The zero-order valence-corrected chi connectivity index (χ0v) is 7.56. The zero-order chi connectivity index (χ0) is 10.4. The molecule has 0 aromatic carbocycles. The first-order chi connectivity index (χ1) is 7.29. The number of carbonyl (C=O) groups is 2. The average Bonchev–Trinajstić information content (AvgIpc) is 2.75. The summed E-state index contributed by atoms with van der Waals surface area (Å²) in [7, 11) is 0. The quantitative estimate of drug-likeness (QED) is 0.549. The Labute approximate surface area is 84.5 Å². The van der Waals surface area contributed by atoms with E-state index in [1.54, 1.807) is 12.1 Å². The molecule has 4 nitrogen and oxygen atoms in total. The van der Waals surface area contributed by atoms with E-state index in [1.165, 1.54) is 18.5 Å². The van der Waals surface area contributed by atoms with E-state index in [2.05, 4.69) is 4.98 Å². The molecule has 0 N–H and O–H groups in total. The molecule has 4 heteroatoms. The number of fused-ring (bicyclic) bond motifs is 2. The number of carbonyl (C=O) groups excluding carboxylic acids is 2. The van der Waals surface area contributed by atoms with E-state index in [0.717, 1.165) is 0 Å². The van der Waals surface area contributed by atoms with Crippen LogP contribution in [0.25, 0.3) is 0 Å². The first kappa shape index (κ1) is 8.11. The summed E-state index contributed by atoms with van der Waals surface area (Å²) in [5, 5.41) is 0. The van der Waals surface area contributed by atoms with Crippen molar-refractivity contribution in [3.8, 4) is 0 Å². The SMILES string of the molecule is O=C1c2cccnc2C(=O)c2occc21. The van der Waals surface area contributed by atoms with Crippen molar-refractivity contribution in [2.75, 3.05) is 0 Å². The predicted molar refractivity (Wildman–Crippen MR) is 49.8 cm³/mol. The third-order valence-corrected chi connectivity index (χ3v) is 2.38. The summed E-state index contributed by atoms with van der Waals surface area (Å²) in [4.78, 5) is 27.6. The van der Waals surface area contributed by atoms with Crippen LogP contribution in [0.1, 0.15) is 32.2 Å². The summed E-state index contributed by atoms with van der Waals surface area (Å²) in [6, 6.07) is 4.74. The Balaban J connectivity index is 2.36. The Morgan fingerprint density at radius 1 is 1.07 bits per heavy atom. The lowest BCUT2D eigenvalue weighted by Gasteiger charge is -2.10. The first-order valence-corrected chi connectivity index (χ1v) is 4.41. The largest absolute Gasteiger partial charge is 0.460 e.